The molecule has 0 aliphatic carbocycles. The fourth-order valence-electron chi connectivity index (χ4n) is 3.31. The van der Waals surface area contributed by atoms with Crippen LogP contribution < -0.4 is 5.43 Å². The number of benzene rings is 1. The van der Waals surface area contributed by atoms with E-state index in [1.165, 1.54) is 11.8 Å². The van der Waals surface area contributed by atoms with E-state index >= 15 is 0 Å². The van der Waals surface area contributed by atoms with E-state index in [4.69, 9.17) is 0 Å². The monoisotopic (exact) mass is 368 g/mol. The Kier molecular flexibility index (Phi) is 4.81. The fraction of sp³-hybridized carbons (Fsp3) is 0.316. The van der Waals surface area contributed by atoms with Crippen LogP contribution in [0.5, 0.6) is 0 Å². The zero-order valence-electron chi connectivity index (χ0n) is 14.4. The molecule has 0 spiro atoms. The summed E-state index contributed by atoms with van der Waals surface area (Å²) in [5.41, 5.74) is 1.91. The lowest BCUT2D eigenvalue weighted by molar-refractivity contribution is -0.133. The van der Waals surface area contributed by atoms with Gasteiger partial charge in [-0.15, -0.1) is 0 Å². The molecule has 7 heteroatoms. The number of amides is 1. The van der Waals surface area contributed by atoms with E-state index in [1.807, 2.05) is 23.1 Å². The normalized spacial score (nSPS) is 15.5. The molecule has 0 radical (unpaired) electrons. The SMILES string of the molecule is O=C(Cn1ncc(=O)c2ccccc21)N1CCN(Cc2ccsc2)CC1. The molecular weight excluding hydrogens is 348 g/mol. The minimum absolute atomic E-state index is 0.0430. The Bertz CT molecular complexity index is 959. The molecule has 0 N–H and O–H groups in total. The Labute approximate surface area is 155 Å². The minimum atomic E-state index is -0.119. The number of carbonyl (C=O) groups is 1. The number of carbonyl (C=O) groups excluding carboxylic acids is 1. The first kappa shape index (κ1) is 16.9. The fourth-order valence-corrected chi connectivity index (χ4v) is 3.97. The van der Waals surface area contributed by atoms with Crippen LogP contribution >= 0.6 is 11.3 Å². The summed E-state index contributed by atoms with van der Waals surface area (Å²) >= 11 is 1.71. The van der Waals surface area contributed by atoms with Crippen molar-refractivity contribution in [2.24, 2.45) is 0 Å². The van der Waals surface area contributed by atoms with Gasteiger partial charge in [-0.05, 0) is 34.5 Å². The van der Waals surface area contributed by atoms with E-state index in [0.29, 0.717) is 10.9 Å². The van der Waals surface area contributed by atoms with Crippen LogP contribution in [0.15, 0.2) is 52.1 Å². The topological polar surface area (TPSA) is 58.4 Å². The largest absolute Gasteiger partial charge is 0.339 e. The third-order valence-corrected chi connectivity index (χ3v) is 5.49. The van der Waals surface area contributed by atoms with Crippen LogP contribution in [0.1, 0.15) is 5.56 Å². The molecule has 4 rings (SSSR count). The summed E-state index contributed by atoms with van der Waals surface area (Å²) in [4.78, 5) is 28.9. The van der Waals surface area contributed by atoms with Crippen LogP contribution in [0.2, 0.25) is 0 Å². The molecule has 1 fully saturated rings. The van der Waals surface area contributed by atoms with Gasteiger partial charge in [0.15, 0.2) is 0 Å². The number of aromatic nitrogens is 2. The molecule has 26 heavy (non-hydrogen) atoms. The maximum Gasteiger partial charge on any atom is 0.244 e. The van der Waals surface area contributed by atoms with Crippen molar-refractivity contribution in [3.63, 3.8) is 0 Å². The van der Waals surface area contributed by atoms with E-state index in [0.717, 1.165) is 32.7 Å². The molecule has 0 unspecified atom stereocenters. The lowest BCUT2D eigenvalue weighted by atomic mass is 10.2. The summed E-state index contributed by atoms with van der Waals surface area (Å²) in [5, 5.41) is 9.01. The van der Waals surface area contributed by atoms with Crippen LogP contribution in [0.4, 0.5) is 0 Å². The third-order valence-electron chi connectivity index (χ3n) is 4.76. The second-order valence-corrected chi connectivity index (χ2v) is 7.25. The molecule has 6 nitrogen and oxygen atoms in total. The summed E-state index contributed by atoms with van der Waals surface area (Å²) in [6.07, 6.45) is 1.29. The number of piperazine rings is 1. The molecule has 3 aromatic rings. The summed E-state index contributed by atoms with van der Waals surface area (Å²) in [5.74, 6) is 0.0430. The smallest absolute Gasteiger partial charge is 0.244 e. The van der Waals surface area contributed by atoms with Crippen LogP contribution in [-0.4, -0.2) is 51.7 Å². The van der Waals surface area contributed by atoms with Gasteiger partial charge >= 0.3 is 0 Å². The molecule has 1 aliphatic rings. The van der Waals surface area contributed by atoms with Gasteiger partial charge in [-0.3, -0.25) is 19.2 Å². The standard InChI is InChI=1S/C19H20N4O2S/c24-18-11-20-23(17-4-2-1-3-16(17)18)13-19(25)22-8-6-21(7-9-22)12-15-5-10-26-14-15/h1-5,10-11,14H,6-9,12-13H2. The molecule has 3 heterocycles. The number of nitrogens with zero attached hydrogens (tertiary/aromatic N) is 4. The summed E-state index contributed by atoms with van der Waals surface area (Å²) in [7, 11) is 0. The second-order valence-electron chi connectivity index (χ2n) is 6.47. The van der Waals surface area contributed by atoms with Crippen molar-refractivity contribution in [1.82, 2.24) is 19.6 Å². The summed E-state index contributed by atoms with van der Waals surface area (Å²) in [6.45, 7) is 4.30. The molecule has 1 aromatic carbocycles. The van der Waals surface area contributed by atoms with Crippen LogP contribution in [0.3, 0.4) is 0 Å². The van der Waals surface area contributed by atoms with Crippen LogP contribution in [0.25, 0.3) is 10.9 Å². The zero-order valence-corrected chi connectivity index (χ0v) is 15.2. The lowest BCUT2D eigenvalue weighted by Crippen LogP contribution is -2.49. The highest BCUT2D eigenvalue weighted by atomic mass is 32.1. The molecule has 0 atom stereocenters. The minimum Gasteiger partial charge on any atom is -0.339 e. The molecule has 1 aliphatic heterocycles. The lowest BCUT2D eigenvalue weighted by Gasteiger charge is -2.34. The predicted octanol–water partition coefficient (Wildman–Crippen LogP) is 1.80. The van der Waals surface area contributed by atoms with Crippen molar-refractivity contribution in [1.29, 1.82) is 0 Å². The van der Waals surface area contributed by atoms with E-state index in [1.54, 1.807) is 22.1 Å². The molecular formula is C19H20N4O2S. The van der Waals surface area contributed by atoms with E-state index in [2.05, 4.69) is 26.8 Å². The zero-order chi connectivity index (χ0) is 17.9. The number of para-hydroxylation sites is 1. The van der Waals surface area contributed by atoms with Gasteiger partial charge < -0.3 is 4.90 Å². The van der Waals surface area contributed by atoms with Crippen molar-refractivity contribution in [2.75, 3.05) is 26.2 Å². The molecule has 1 saturated heterocycles. The summed E-state index contributed by atoms with van der Waals surface area (Å²) < 4.78 is 1.62. The van der Waals surface area contributed by atoms with Gasteiger partial charge in [-0.25, -0.2) is 0 Å². The number of rotatable bonds is 4. The van der Waals surface area contributed by atoms with E-state index in [9.17, 15) is 9.59 Å². The van der Waals surface area contributed by atoms with Gasteiger partial charge in [0, 0.05) is 38.1 Å². The second kappa shape index (κ2) is 7.39. The first-order valence-corrected chi connectivity index (χ1v) is 9.61. The van der Waals surface area contributed by atoms with Crippen molar-refractivity contribution in [3.05, 3.63) is 63.1 Å². The predicted molar refractivity (Wildman–Crippen MR) is 102 cm³/mol. The van der Waals surface area contributed by atoms with Crippen molar-refractivity contribution < 1.29 is 4.79 Å². The maximum absolute atomic E-state index is 12.7. The average Bonchev–Trinajstić information content (AvgIpc) is 3.18. The number of thiophene rings is 1. The Morgan fingerprint density at radius 1 is 1.12 bits per heavy atom. The quantitative estimate of drug-likeness (QED) is 0.705. The average molecular weight is 368 g/mol. The Morgan fingerprint density at radius 3 is 2.69 bits per heavy atom. The van der Waals surface area contributed by atoms with Crippen LogP contribution in [0, 0.1) is 0 Å². The first-order valence-electron chi connectivity index (χ1n) is 8.67. The Hall–Kier alpha value is -2.51. The molecule has 134 valence electrons. The van der Waals surface area contributed by atoms with E-state index in [-0.39, 0.29) is 17.9 Å². The van der Waals surface area contributed by atoms with Crippen molar-refractivity contribution in [3.8, 4) is 0 Å². The Balaban J connectivity index is 1.40. The summed E-state index contributed by atoms with van der Waals surface area (Å²) in [6, 6.07) is 9.42. The van der Waals surface area contributed by atoms with Gasteiger partial charge in [0.25, 0.3) is 0 Å². The highest BCUT2D eigenvalue weighted by Crippen LogP contribution is 2.13. The Morgan fingerprint density at radius 2 is 1.92 bits per heavy atom. The van der Waals surface area contributed by atoms with Crippen molar-refractivity contribution in [2.45, 2.75) is 13.1 Å². The van der Waals surface area contributed by atoms with Gasteiger partial charge in [-0.1, -0.05) is 12.1 Å². The molecule has 0 bridgehead atoms. The highest BCUT2D eigenvalue weighted by Gasteiger charge is 2.22. The van der Waals surface area contributed by atoms with E-state index < -0.39 is 0 Å². The number of hydrogen-bond acceptors (Lipinski definition) is 5. The molecule has 0 saturated carbocycles. The van der Waals surface area contributed by atoms with Gasteiger partial charge in [0.2, 0.25) is 11.3 Å². The first-order chi connectivity index (χ1) is 12.7. The number of hydrogen-bond donors (Lipinski definition) is 0. The molecule has 1 amide bonds. The number of fused-ring (bicyclic) bond motifs is 1. The molecule has 2 aromatic heterocycles. The van der Waals surface area contributed by atoms with Gasteiger partial charge in [0.05, 0.1) is 11.7 Å². The highest BCUT2D eigenvalue weighted by molar-refractivity contribution is 7.07. The van der Waals surface area contributed by atoms with Gasteiger partial charge in [-0.2, -0.15) is 16.4 Å². The third kappa shape index (κ3) is 3.54. The van der Waals surface area contributed by atoms with Gasteiger partial charge in [0.1, 0.15) is 6.54 Å². The maximum atomic E-state index is 12.7. The van der Waals surface area contributed by atoms with Crippen molar-refractivity contribution >= 4 is 28.1 Å². The van der Waals surface area contributed by atoms with Crippen LogP contribution in [-0.2, 0) is 17.9 Å².